The molecule has 88 valence electrons. The third-order valence-electron chi connectivity index (χ3n) is 3.23. The molecule has 1 aromatic carbocycles. The minimum Gasteiger partial charge on any atom is -0.399 e. The lowest BCUT2D eigenvalue weighted by Gasteiger charge is -2.41. The van der Waals surface area contributed by atoms with E-state index in [1.807, 2.05) is 18.2 Å². The summed E-state index contributed by atoms with van der Waals surface area (Å²) in [6.07, 6.45) is 2.33. The van der Waals surface area contributed by atoms with Gasteiger partial charge in [-0.2, -0.15) is 5.10 Å². The monoisotopic (exact) mass is 230 g/mol. The van der Waals surface area contributed by atoms with E-state index in [1.54, 1.807) is 0 Å². The van der Waals surface area contributed by atoms with Crippen LogP contribution in [0.3, 0.4) is 0 Å². The fourth-order valence-electron chi connectivity index (χ4n) is 2.22. The highest BCUT2D eigenvalue weighted by Crippen LogP contribution is 2.35. The van der Waals surface area contributed by atoms with Crippen LogP contribution < -0.4 is 5.73 Å². The first-order valence-electron chi connectivity index (χ1n) is 5.57. The van der Waals surface area contributed by atoms with Crippen LogP contribution in [0.4, 0.5) is 5.69 Å². The van der Waals surface area contributed by atoms with Crippen molar-refractivity contribution in [1.82, 2.24) is 15.2 Å². The molecule has 5 heteroatoms. The molecule has 5 nitrogen and oxygen atoms in total. The van der Waals surface area contributed by atoms with Crippen LogP contribution in [0.25, 0.3) is 0 Å². The lowest BCUT2D eigenvalue weighted by molar-refractivity contribution is -0.0607. The fourth-order valence-corrected chi connectivity index (χ4v) is 2.22. The van der Waals surface area contributed by atoms with Gasteiger partial charge < -0.3 is 10.5 Å². The Bertz CT molecular complexity index is 505. The van der Waals surface area contributed by atoms with Crippen LogP contribution in [0.15, 0.2) is 30.6 Å². The Labute approximate surface area is 99.0 Å². The SMILES string of the molecule is Nc1cccc(C2(Cc3ncn[nH]3)COC2)c1. The van der Waals surface area contributed by atoms with E-state index >= 15 is 0 Å². The van der Waals surface area contributed by atoms with Crippen LogP contribution in [-0.4, -0.2) is 28.4 Å². The zero-order chi connectivity index (χ0) is 11.7. The average Bonchev–Trinajstić information content (AvgIpc) is 2.76. The summed E-state index contributed by atoms with van der Waals surface area (Å²) < 4.78 is 5.38. The summed E-state index contributed by atoms with van der Waals surface area (Å²) >= 11 is 0. The van der Waals surface area contributed by atoms with Gasteiger partial charge in [-0.1, -0.05) is 12.1 Å². The maximum absolute atomic E-state index is 5.83. The molecule has 1 aliphatic rings. The van der Waals surface area contributed by atoms with E-state index in [0.29, 0.717) is 13.2 Å². The van der Waals surface area contributed by atoms with E-state index in [1.165, 1.54) is 11.9 Å². The van der Waals surface area contributed by atoms with Crippen molar-refractivity contribution in [3.63, 3.8) is 0 Å². The van der Waals surface area contributed by atoms with E-state index < -0.39 is 0 Å². The number of nitrogens with zero attached hydrogens (tertiary/aromatic N) is 2. The van der Waals surface area contributed by atoms with Crippen molar-refractivity contribution in [2.75, 3.05) is 18.9 Å². The molecular weight excluding hydrogens is 216 g/mol. The van der Waals surface area contributed by atoms with E-state index in [4.69, 9.17) is 10.5 Å². The van der Waals surface area contributed by atoms with E-state index in [2.05, 4.69) is 21.2 Å². The van der Waals surface area contributed by atoms with Gasteiger partial charge in [0.05, 0.1) is 13.2 Å². The smallest absolute Gasteiger partial charge is 0.137 e. The van der Waals surface area contributed by atoms with Gasteiger partial charge in [-0.15, -0.1) is 0 Å². The Hall–Kier alpha value is -1.88. The number of hydrogen-bond donors (Lipinski definition) is 2. The molecular formula is C12H14N4O. The zero-order valence-electron chi connectivity index (χ0n) is 9.39. The molecule has 1 aromatic heterocycles. The number of hydrogen-bond acceptors (Lipinski definition) is 4. The van der Waals surface area contributed by atoms with Gasteiger partial charge in [-0.3, -0.25) is 5.10 Å². The van der Waals surface area contributed by atoms with Gasteiger partial charge in [-0.25, -0.2) is 4.98 Å². The van der Waals surface area contributed by atoms with Gasteiger partial charge >= 0.3 is 0 Å². The van der Waals surface area contributed by atoms with Gasteiger partial charge in [0.15, 0.2) is 0 Å². The Morgan fingerprint density at radius 2 is 2.29 bits per heavy atom. The molecule has 0 aliphatic carbocycles. The number of aromatic amines is 1. The summed E-state index contributed by atoms with van der Waals surface area (Å²) in [5.41, 5.74) is 7.82. The standard InChI is InChI=1S/C12H14N4O/c13-10-3-1-2-9(4-10)12(6-17-7-12)5-11-14-8-15-16-11/h1-4,8H,5-7,13H2,(H,14,15,16). The van der Waals surface area contributed by atoms with Crippen LogP contribution in [0.5, 0.6) is 0 Å². The number of benzene rings is 1. The summed E-state index contributed by atoms with van der Waals surface area (Å²) in [6, 6.07) is 7.98. The van der Waals surface area contributed by atoms with Crippen molar-refractivity contribution >= 4 is 5.69 Å². The molecule has 3 N–H and O–H groups in total. The Morgan fingerprint density at radius 3 is 2.88 bits per heavy atom. The second-order valence-corrected chi connectivity index (χ2v) is 4.51. The topological polar surface area (TPSA) is 76.8 Å². The van der Waals surface area contributed by atoms with Crippen molar-refractivity contribution in [3.8, 4) is 0 Å². The van der Waals surface area contributed by atoms with E-state index in [-0.39, 0.29) is 5.41 Å². The van der Waals surface area contributed by atoms with Gasteiger partial charge in [0.1, 0.15) is 12.2 Å². The summed E-state index contributed by atoms with van der Waals surface area (Å²) in [5, 5.41) is 6.77. The third-order valence-corrected chi connectivity index (χ3v) is 3.23. The predicted octanol–water partition coefficient (Wildman–Crippen LogP) is 0.898. The van der Waals surface area contributed by atoms with Gasteiger partial charge in [0, 0.05) is 17.5 Å². The van der Waals surface area contributed by atoms with E-state index in [9.17, 15) is 0 Å². The number of aromatic nitrogens is 3. The molecule has 1 aliphatic heterocycles. The minimum absolute atomic E-state index is 0.00505. The molecule has 0 radical (unpaired) electrons. The van der Waals surface area contributed by atoms with Crippen molar-refractivity contribution in [2.24, 2.45) is 0 Å². The van der Waals surface area contributed by atoms with Crippen LogP contribution in [0.1, 0.15) is 11.4 Å². The summed E-state index contributed by atoms with van der Waals surface area (Å²) in [7, 11) is 0. The highest BCUT2D eigenvalue weighted by Gasteiger charge is 2.41. The number of H-pyrrole nitrogens is 1. The lowest BCUT2D eigenvalue weighted by Crippen LogP contribution is -2.48. The summed E-state index contributed by atoms with van der Waals surface area (Å²) in [5.74, 6) is 0.885. The van der Waals surface area contributed by atoms with Crippen LogP contribution in [-0.2, 0) is 16.6 Å². The molecule has 1 saturated heterocycles. The molecule has 3 rings (SSSR count). The fraction of sp³-hybridized carbons (Fsp3) is 0.333. The normalized spacial score (nSPS) is 17.6. The molecule has 1 fully saturated rings. The van der Waals surface area contributed by atoms with Crippen LogP contribution in [0, 0.1) is 0 Å². The van der Waals surface area contributed by atoms with Gasteiger partial charge in [0.2, 0.25) is 0 Å². The quantitative estimate of drug-likeness (QED) is 0.768. The van der Waals surface area contributed by atoms with Crippen molar-refractivity contribution in [3.05, 3.63) is 42.0 Å². The molecule has 0 unspecified atom stereocenters. The first kappa shape index (κ1) is 10.3. The first-order chi connectivity index (χ1) is 8.28. The molecule has 0 saturated carbocycles. The molecule has 0 atom stereocenters. The molecule has 17 heavy (non-hydrogen) atoms. The molecule has 0 amide bonds. The van der Waals surface area contributed by atoms with Crippen LogP contribution in [0.2, 0.25) is 0 Å². The maximum atomic E-state index is 5.83. The number of nitrogens with one attached hydrogen (secondary N) is 1. The highest BCUT2D eigenvalue weighted by atomic mass is 16.5. The number of nitrogen functional groups attached to an aromatic ring is 1. The van der Waals surface area contributed by atoms with Crippen LogP contribution >= 0.6 is 0 Å². The number of nitrogens with two attached hydrogens (primary N) is 1. The number of anilines is 1. The minimum atomic E-state index is -0.00505. The van der Waals surface area contributed by atoms with Crippen molar-refractivity contribution in [2.45, 2.75) is 11.8 Å². The summed E-state index contributed by atoms with van der Waals surface area (Å²) in [4.78, 5) is 4.18. The molecule has 2 heterocycles. The third kappa shape index (κ3) is 1.78. The Kier molecular flexibility index (Phi) is 2.33. The van der Waals surface area contributed by atoms with E-state index in [0.717, 1.165) is 17.9 Å². The first-order valence-corrected chi connectivity index (χ1v) is 5.57. The predicted molar refractivity (Wildman–Crippen MR) is 63.4 cm³/mol. The molecule has 2 aromatic rings. The maximum Gasteiger partial charge on any atom is 0.137 e. The molecule has 0 bridgehead atoms. The molecule has 0 spiro atoms. The average molecular weight is 230 g/mol. The van der Waals surface area contributed by atoms with Gasteiger partial charge in [-0.05, 0) is 17.7 Å². The largest absolute Gasteiger partial charge is 0.399 e. The Balaban J connectivity index is 1.92. The van der Waals surface area contributed by atoms with Gasteiger partial charge in [0.25, 0.3) is 0 Å². The summed E-state index contributed by atoms with van der Waals surface area (Å²) in [6.45, 7) is 1.41. The second-order valence-electron chi connectivity index (χ2n) is 4.51. The Morgan fingerprint density at radius 1 is 1.41 bits per heavy atom. The second kappa shape index (κ2) is 3.85. The highest BCUT2D eigenvalue weighted by molar-refractivity contribution is 5.44. The van der Waals surface area contributed by atoms with Crippen molar-refractivity contribution < 1.29 is 4.74 Å². The van der Waals surface area contributed by atoms with Crippen molar-refractivity contribution in [1.29, 1.82) is 0 Å². The number of rotatable bonds is 3. The zero-order valence-corrected chi connectivity index (χ0v) is 9.39. The lowest BCUT2D eigenvalue weighted by atomic mass is 9.75. The number of ether oxygens (including phenoxy) is 1.